The lowest BCUT2D eigenvalue weighted by molar-refractivity contribution is 0.812. The van der Waals surface area contributed by atoms with Crippen LogP contribution in [0.4, 0.5) is 0 Å². The highest BCUT2D eigenvalue weighted by atomic mass is 32.1. The molecular formula is C9H14N2S. The Balaban J connectivity index is 3.39. The molecule has 0 aliphatic rings. The number of nitrogens with one attached hydrogen (secondary N) is 1. The summed E-state index contributed by atoms with van der Waals surface area (Å²) in [6.45, 7) is 8.22. The Bertz CT molecular complexity index is 339. The summed E-state index contributed by atoms with van der Waals surface area (Å²) in [5.41, 5.74) is 2.30. The van der Waals surface area contributed by atoms with E-state index in [2.05, 4.69) is 23.8 Å². The number of aryl methyl sites for hydroxylation is 2. The highest BCUT2D eigenvalue weighted by Crippen LogP contribution is 2.17. The van der Waals surface area contributed by atoms with Gasteiger partial charge in [0, 0.05) is 11.3 Å². The summed E-state index contributed by atoms with van der Waals surface area (Å²) in [5.74, 6) is 1.34. The lowest BCUT2D eigenvalue weighted by Gasteiger charge is -2.09. The first-order valence-electron chi connectivity index (χ1n) is 4.09. The summed E-state index contributed by atoms with van der Waals surface area (Å²) in [5, 5.41) is 0. The van der Waals surface area contributed by atoms with Gasteiger partial charge in [0.25, 0.3) is 0 Å². The number of hydrogen-bond donors (Lipinski definition) is 1. The second-order valence-electron chi connectivity index (χ2n) is 3.32. The first kappa shape index (κ1) is 9.39. The van der Waals surface area contributed by atoms with E-state index in [1.54, 1.807) is 0 Å². The Morgan fingerprint density at radius 1 is 1.33 bits per heavy atom. The molecule has 0 aliphatic carbocycles. The molecule has 0 fully saturated rings. The molecule has 1 aromatic rings. The molecule has 0 saturated heterocycles. The average molecular weight is 182 g/mol. The molecule has 3 heteroatoms. The monoisotopic (exact) mass is 182 g/mol. The van der Waals surface area contributed by atoms with Gasteiger partial charge in [-0.3, -0.25) is 0 Å². The van der Waals surface area contributed by atoms with Crippen LogP contribution in [0.2, 0.25) is 0 Å². The molecule has 1 N–H and O–H groups in total. The largest absolute Gasteiger partial charge is 0.347 e. The predicted molar refractivity (Wildman–Crippen MR) is 53.0 cm³/mol. The van der Waals surface area contributed by atoms with E-state index in [0.29, 0.717) is 5.92 Å². The van der Waals surface area contributed by atoms with Gasteiger partial charge in [-0.05, 0) is 19.8 Å². The Morgan fingerprint density at radius 2 is 1.92 bits per heavy atom. The number of aromatic amines is 1. The van der Waals surface area contributed by atoms with Crippen LogP contribution in [0.25, 0.3) is 0 Å². The minimum absolute atomic E-state index is 0.446. The first-order valence-corrected chi connectivity index (χ1v) is 4.50. The zero-order chi connectivity index (χ0) is 9.30. The quantitative estimate of drug-likeness (QED) is 0.676. The van der Waals surface area contributed by atoms with Crippen LogP contribution in [0, 0.1) is 18.5 Å². The summed E-state index contributed by atoms with van der Waals surface area (Å²) >= 11 is 5.17. The van der Waals surface area contributed by atoms with Crippen LogP contribution in [0.15, 0.2) is 0 Å². The molecule has 0 spiro atoms. The Hall–Kier alpha value is -0.700. The second-order valence-corrected chi connectivity index (χ2v) is 3.71. The maximum absolute atomic E-state index is 5.17. The smallest absolute Gasteiger partial charge is 0.133 e. The van der Waals surface area contributed by atoms with Crippen LogP contribution in [0.5, 0.6) is 0 Å². The molecule has 66 valence electrons. The van der Waals surface area contributed by atoms with Crippen LogP contribution in [0.1, 0.15) is 36.8 Å². The zero-order valence-corrected chi connectivity index (χ0v) is 8.75. The normalized spacial score (nSPS) is 10.8. The molecule has 1 rings (SSSR count). The lowest BCUT2D eigenvalue weighted by atomic mass is 10.0. The van der Waals surface area contributed by atoms with Gasteiger partial charge in [-0.2, -0.15) is 0 Å². The summed E-state index contributed by atoms with van der Waals surface area (Å²) in [6.07, 6.45) is 0. The van der Waals surface area contributed by atoms with Gasteiger partial charge in [0.15, 0.2) is 0 Å². The van der Waals surface area contributed by atoms with Crippen LogP contribution >= 0.6 is 12.2 Å². The van der Waals surface area contributed by atoms with Crippen molar-refractivity contribution in [2.45, 2.75) is 33.6 Å². The molecule has 0 atom stereocenters. The summed E-state index contributed by atoms with van der Waals surface area (Å²) in [7, 11) is 0. The highest BCUT2D eigenvalue weighted by molar-refractivity contribution is 7.71. The molecule has 0 radical (unpaired) electrons. The van der Waals surface area contributed by atoms with Gasteiger partial charge in [0.05, 0.1) is 0 Å². The third-order valence-corrected chi connectivity index (χ3v) is 2.16. The molecule has 0 saturated carbocycles. The molecule has 0 bridgehead atoms. The van der Waals surface area contributed by atoms with E-state index in [1.165, 1.54) is 0 Å². The van der Waals surface area contributed by atoms with Crippen molar-refractivity contribution in [2.24, 2.45) is 0 Å². The van der Waals surface area contributed by atoms with E-state index in [9.17, 15) is 0 Å². The molecule has 2 nitrogen and oxygen atoms in total. The van der Waals surface area contributed by atoms with Gasteiger partial charge in [0.2, 0.25) is 0 Å². The van der Waals surface area contributed by atoms with Crippen molar-refractivity contribution < 1.29 is 0 Å². The van der Waals surface area contributed by atoms with E-state index in [0.717, 1.165) is 21.7 Å². The van der Waals surface area contributed by atoms with Crippen LogP contribution in [0.3, 0.4) is 0 Å². The van der Waals surface area contributed by atoms with Crippen LogP contribution in [-0.4, -0.2) is 9.97 Å². The van der Waals surface area contributed by atoms with E-state index < -0.39 is 0 Å². The topological polar surface area (TPSA) is 28.7 Å². The van der Waals surface area contributed by atoms with Crippen molar-refractivity contribution >= 4 is 12.2 Å². The summed E-state index contributed by atoms with van der Waals surface area (Å²) in [4.78, 5) is 7.40. The van der Waals surface area contributed by atoms with Crippen LogP contribution in [-0.2, 0) is 0 Å². The standard InChI is InChI=1S/C9H14N2S/c1-5(2)8-6(3)10-7(4)11-9(8)12/h5H,1-4H3,(H,10,11,12). The molecule has 1 heterocycles. The highest BCUT2D eigenvalue weighted by Gasteiger charge is 2.06. The maximum atomic E-state index is 5.17. The molecular weight excluding hydrogens is 168 g/mol. The third kappa shape index (κ3) is 1.72. The van der Waals surface area contributed by atoms with Crippen molar-refractivity contribution in [3.63, 3.8) is 0 Å². The van der Waals surface area contributed by atoms with E-state index in [-0.39, 0.29) is 0 Å². The SMILES string of the molecule is Cc1nc(=S)c(C(C)C)c(C)[nH]1. The van der Waals surface area contributed by atoms with Crippen molar-refractivity contribution in [1.82, 2.24) is 9.97 Å². The minimum Gasteiger partial charge on any atom is -0.347 e. The Morgan fingerprint density at radius 3 is 2.33 bits per heavy atom. The van der Waals surface area contributed by atoms with E-state index >= 15 is 0 Å². The van der Waals surface area contributed by atoms with Gasteiger partial charge in [-0.25, -0.2) is 4.98 Å². The predicted octanol–water partition coefficient (Wildman–Crippen LogP) is 2.88. The number of H-pyrrole nitrogens is 1. The minimum atomic E-state index is 0.446. The maximum Gasteiger partial charge on any atom is 0.133 e. The van der Waals surface area contributed by atoms with Crippen molar-refractivity contribution in [1.29, 1.82) is 0 Å². The molecule has 0 unspecified atom stereocenters. The molecule has 0 aromatic carbocycles. The van der Waals surface area contributed by atoms with Gasteiger partial charge in [-0.15, -0.1) is 0 Å². The zero-order valence-electron chi connectivity index (χ0n) is 7.93. The molecule has 12 heavy (non-hydrogen) atoms. The summed E-state index contributed by atoms with van der Waals surface area (Å²) < 4.78 is 0.735. The molecule has 0 amide bonds. The number of aromatic nitrogens is 2. The second kappa shape index (κ2) is 3.35. The number of rotatable bonds is 1. The summed E-state index contributed by atoms with van der Waals surface area (Å²) in [6, 6.07) is 0. The fraction of sp³-hybridized carbons (Fsp3) is 0.556. The Labute approximate surface area is 78.1 Å². The molecule has 1 aromatic heterocycles. The third-order valence-electron chi connectivity index (χ3n) is 1.85. The average Bonchev–Trinajstić information content (AvgIpc) is 1.82. The van der Waals surface area contributed by atoms with E-state index in [1.807, 2.05) is 13.8 Å². The number of nitrogens with zero attached hydrogens (tertiary/aromatic N) is 1. The van der Waals surface area contributed by atoms with Crippen molar-refractivity contribution in [3.8, 4) is 0 Å². The van der Waals surface area contributed by atoms with Gasteiger partial charge in [0.1, 0.15) is 10.5 Å². The van der Waals surface area contributed by atoms with Gasteiger partial charge < -0.3 is 4.98 Å². The van der Waals surface area contributed by atoms with Crippen molar-refractivity contribution in [2.75, 3.05) is 0 Å². The van der Waals surface area contributed by atoms with Crippen LogP contribution < -0.4 is 0 Å². The fourth-order valence-corrected chi connectivity index (χ4v) is 1.95. The van der Waals surface area contributed by atoms with Crippen molar-refractivity contribution in [3.05, 3.63) is 21.7 Å². The molecule has 0 aliphatic heterocycles. The Kier molecular flexibility index (Phi) is 2.62. The fourth-order valence-electron chi connectivity index (χ4n) is 1.42. The van der Waals surface area contributed by atoms with Gasteiger partial charge >= 0.3 is 0 Å². The van der Waals surface area contributed by atoms with Gasteiger partial charge in [-0.1, -0.05) is 26.1 Å². The van der Waals surface area contributed by atoms with E-state index in [4.69, 9.17) is 12.2 Å². The number of hydrogen-bond acceptors (Lipinski definition) is 2. The first-order chi connectivity index (χ1) is 5.52. The lowest BCUT2D eigenvalue weighted by Crippen LogP contribution is -2.01.